The van der Waals surface area contributed by atoms with Crippen LogP contribution in [0.1, 0.15) is 137 Å². The summed E-state index contributed by atoms with van der Waals surface area (Å²) in [6.45, 7) is 9.53. The Bertz CT molecular complexity index is 334. The molecule has 0 atom stereocenters. The lowest BCUT2D eigenvalue weighted by molar-refractivity contribution is 0.122. The van der Waals surface area contributed by atoms with Crippen molar-refractivity contribution in [2.45, 2.75) is 148 Å². The van der Waals surface area contributed by atoms with Gasteiger partial charge in [0, 0.05) is 11.1 Å². The van der Waals surface area contributed by atoms with Gasteiger partial charge in [-0.2, -0.15) is 0 Å². The van der Waals surface area contributed by atoms with E-state index in [0.717, 1.165) is 5.92 Å². The van der Waals surface area contributed by atoms with Crippen molar-refractivity contribution in [2.75, 3.05) is 4.43 Å². The third-order valence-electron chi connectivity index (χ3n) is 6.27. The SMILES string of the molecule is CC1(C)CC(CCCCCCCCCCCCCCCCI)CC(C)(C)N1. The predicted octanol–water partition coefficient (Wildman–Crippen LogP) is 8.83. The van der Waals surface area contributed by atoms with Crippen molar-refractivity contribution >= 4 is 22.6 Å². The van der Waals surface area contributed by atoms with Crippen molar-refractivity contribution in [2.24, 2.45) is 5.92 Å². The molecule has 0 aromatic rings. The predicted molar refractivity (Wildman–Crippen MR) is 132 cm³/mol. The van der Waals surface area contributed by atoms with Crippen molar-refractivity contribution in [3.05, 3.63) is 0 Å². The van der Waals surface area contributed by atoms with E-state index in [1.165, 1.54) is 114 Å². The monoisotopic (exact) mass is 491 g/mol. The lowest BCUT2D eigenvalue weighted by Crippen LogP contribution is -2.57. The molecule has 1 nitrogen and oxygen atoms in total. The van der Waals surface area contributed by atoms with Crippen LogP contribution in [-0.2, 0) is 0 Å². The van der Waals surface area contributed by atoms with Gasteiger partial charge in [-0.05, 0) is 57.3 Å². The summed E-state index contributed by atoms with van der Waals surface area (Å²) in [7, 11) is 0. The van der Waals surface area contributed by atoms with E-state index >= 15 is 0 Å². The van der Waals surface area contributed by atoms with Crippen LogP contribution in [0.3, 0.4) is 0 Å². The summed E-state index contributed by atoms with van der Waals surface area (Å²) < 4.78 is 1.34. The largest absolute Gasteiger partial charge is 0.307 e. The fraction of sp³-hybridized carbons (Fsp3) is 1.00. The Balaban J connectivity index is 1.85. The van der Waals surface area contributed by atoms with Gasteiger partial charge in [0.05, 0.1) is 0 Å². The molecule has 0 spiro atoms. The molecule has 27 heavy (non-hydrogen) atoms. The number of unbranched alkanes of at least 4 members (excludes halogenated alkanes) is 13. The number of hydrogen-bond donors (Lipinski definition) is 1. The first-order valence-electron chi connectivity index (χ1n) is 12.2. The van der Waals surface area contributed by atoms with Crippen molar-refractivity contribution in [3.63, 3.8) is 0 Å². The van der Waals surface area contributed by atoms with Gasteiger partial charge in [-0.15, -0.1) is 0 Å². The number of alkyl halides is 1. The first-order chi connectivity index (χ1) is 12.8. The highest BCUT2D eigenvalue weighted by molar-refractivity contribution is 14.1. The van der Waals surface area contributed by atoms with Gasteiger partial charge in [0.25, 0.3) is 0 Å². The summed E-state index contributed by atoms with van der Waals surface area (Å²) in [5.74, 6) is 0.929. The van der Waals surface area contributed by atoms with E-state index in [4.69, 9.17) is 0 Å². The van der Waals surface area contributed by atoms with Crippen LogP contribution in [-0.4, -0.2) is 15.5 Å². The first kappa shape index (κ1) is 25.7. The molecule has 1 rings (SSSR count). The Labute approximate surface area is 185 Å². The summed E-state index contributed by atoms with van der Waals surface area (Å²) in [4.78, 5) is 0. The molecule has 1 heterocycles. The minimum atomic E-state index is 0.321. The smallest absolute Gasteiger partial charge is 0.0132 e. The number of hydrogen-bond acceptors (Lipinski definition) is 1. The molecule has 1 N–H and O–H groups in total. The minimum Gasteiger partial charge on any atom is -0.307 e. The molecule has 1 aliphatic heterocycles. The quantitative estimate of drug-likeness (QED) is 0.129. The molecular weight excluding hydrogens is 441 g/mol. The molecular formula is C25H50IN. The van der Waals surface area contributed by atoms with Gasteiger partial charge in [-0.3, -0.25) is 0 Å². The Morgan fingerprint density at radius 1 is 0.593 bits per heavy atom. The van der Waals surface area contributed by atoms with Gasteiger partial charge in [-0.25, -0.2) is 0 Å². The molecule has 0 bridgehead atoms. The van der Waals surface area contributed by atoms with Gasteiger partial charge in [0.15, 0.2) is 0 Å². The second-order valence-corrected chi connectivity index (χ2v) is 11.7. The summed E-state index contributed by atoms with van der Waals surface area (Å²) in [6, 6.07) is 0. The van der Waals surface area contributed by atoms with E-state index in [0.29, 0.717) is 11.1 Å². The fourth-order valence-electron chi connectivity index (χ4n) is 5.39. The lowest BCUT2D eigenvalue weighted by atomic mass is 9.74. The lowest BCUT2D eigenvalue weighted by Gasteiger charge is -2.46. The van der Waals surface area contributed by atoms with Gasteiger partial charge in [-0.1, -0.05) is 112 Å². The molecule has 0 aromatic heterocycles. The maximum Gasteiger partial charge on any atom is 0.0132 e. The topological polar surface area (TPSA) is 12.0 Å². The summed E-state index contributed by atoms with van der Waals surface area (Å²) in [5, 5.41) is 3.82. The average Bonchev–Trinajstić information content (AvgIpc) is 2.55. The average molecular weight is 492 g/mol. The van der Waals surface area contributed by atoms with Crippen LogP contribution in [0.2, 0.25) is 0 Å². The van der Waals surface area contributed by atoms with Crippen molar-refractivity contribution in [1.82, 2.24) is 5.32 Å². The molecule has 0 radical (unpaired) electrons. The van der Waals surface area contributed by atoms with E-state index in [1.54, 1.807) is 0 Å². The number of nitrogens with one attached hydrogen (secondary N) is 1. The molecule has 162 valence electrons. The molecule has 1 aliphatic rings. The van der Waals surface area contributed by atoms with E-state index < -0.39 is 0 Å². The van der Waals surface area contributed by atoms with Crippen LogP contribution in [0.15, 0.2) is 0 Å². The normalized spacial score (nSPS) is 19.4. The van der Waals surface area contributed by atoms with Crippen LogP contribution in [0.25, 0.3) is 0 Å². The molecule has 2 heteroatoms. The standard InChI is InChI=1S/C25H50IN/c1-24(2)21-23(22-25(3,4)27-24)19-17-15-13-11-9-7-5-6-8-10-12-14-16-18-20-26/h23,27H,5-22H2,1-4H3. The summed E-state index contributed by atoms with van der Waals surface area (Å²) in [6.07, 6.45) is 24.7. The highest BCUT2D eigenvalue weighted by Gasteiger charge is 2.36. The van der Waals surface area contributed by atoms with Crippen LogP contribution >= 0.6 is 22.6 Å². The van der Waals surface area contributed by atoms with Crippen LogP contribution in [0, 0.1) is 5.92 Å². The third kappa shape index (κ3) is 14.3. The number of piperidine rings is 1. The molecule has 0 aromatic carbocycles. The highest BCUT2D eigenvalue weighted by Crippen LogP contribution is 2.35. The zero-order chi connectivity index (χ0) is 20.0. The van der Waals surface area contributed by atoms with Crippen LogP contribution in [0.5, 0.6) is 0 Å². The van der Waals surface area contributed by atoms with E-state index in [-0.39, 0.29) is 0 Å². The molecule has 0 amide bonds. The first-order valence-corrected chi connectivity index (χ1v) is 13.7. The Hall–Kier alpha value is 0.690. The van der Waals surface area contributed by atoms with Gasteiger partial charge in [0.2, 0.25) is 0 Å². The molecule has 0 saturated carbocycles. The number of halogens is 1. The zero-order valence-corrected chi connectivity index (χ0v) is 21.3. The van der Waals surface area contributed by atoms with Gasteiger partial charge in [0.1, 0.15) is 0 Å². The van der Waals surface area contributed by atoms with Gasteiger partial charge < -0.3 is 5.32 Å². The summed E-state index contributed by atoms with van der Waals surface area (Å²) >= 11 is 2.49. The molecule has 0 aliphatic carbocycles. The Kier molecular flexibility index (Phi) is 13.9. The minimum absolute atomic E-state index is 0.321. The molecule has 1 fully saturated rings. The van der Waals surface area contributed by atoms with Crippen molar-refractivity contribution < 1.29 is 0 Å². The Morgan fingerprint density at radius 3 is 1.30 bits per heavy atom. The van der Waals surface area contributed by atoms with Crippen LogP contribution < -0.4 is 5.32 Å². The van der Waals surface area contributed by atoms with E-state index in [2.05, 4.69) is 55.6 Å². The van der Waals surface area contributed by atoms with Crippen molar-refractivity contribution in [1.29, 1.82) is 0 Å². The summed E-state index contributed by atoms with van der Waals surface area (Å²) in [5.41, 5.74) is 0.642. The van der Waals surface area contributed by atoms with Gasteiger partial charge >= 0.3 is 0 Å². The molecule has 1 saturated heterocycles. The second kappa shape index (κ2) is 14.6. The number of rotatable bonds is 16. The maximum atomic E-state index is 3.82. The van der Waals surface area contributed by atoms with Crippen molar-refractivity contribution in [3.8, 4) is 0 Å². The maximum absolute atomic E-state index is 3.82. The van der Waals surface area contributed by atoms with E-state index in [9.17, 15) is 0 Å². The highest BCUT2D eigenvalue weighted by atomic mass is 127. The fourth-order valence-corrected chi connectivity index (χ4v) is 5.93. The zero-order valence-electron chi connectivity index (χ0n) is 19.2. The second-order valence-electron chi connectivity index (χ2n) is 10.6. The molecule has 0 unspecified atom stereocenters. The van der Waals surface area contributed by atoms with E-state index in [1.807, 2.05) is 0 Å². The van der Waals surface area contributed by atoms with Crippen LogP contribution in [0.4, 0.5) is 0 Å². The Morgan fingerprint density at radius 2 is 0.926 bits per heavy atom. The third-order valence-corrected chi connectivity index (χ3v) is 7.03.